The van der Waals surface area contributed by atoms with Gasteiger partial charge in [0.2, 0.25) is 0 Å². The third-order valence-corrected chi connectivity index (χ3v) is 5.32. The van der Waals surface area contributed by atoms with Gasteiger partial charge in [-0.3, -0.25) is 14.2 Å². The summed E-state index contributed by atoms with van der Waals surface area (Å²) in [6, 6.07) is 11.3. The highest BCUT2D eigenvalue weighted by molar-refractivity contribution is 6.02. The first-order valence-corrected chi connectivity index (χ1v) is 9.42. The van der Waals surface area contributed by atoms with Crippen molar-refractivity contribution in [3.63, 3.8) is 0 Å². The average molecular weight is 392 g/mol. The second-order valence-corrected chi connectivity index (χ2v) is 7.12. The summed E-state index contributed by atoms with van der Waals surface area (Å²) in [6.07, 6.45) is 2.15. The van der Waals surface area contributed by atoms with Crippen LogP contribution in [0, 0.1) is 0 Å². The maximum absolute atomic E-state index is 13.6. The lowest BCUT2D eigenvalue weighted by Crippen LogP contribution is -2.21. The van der Waals surface area contributed by atoms with Crippen LogP contribution in [-0.4, -0.2) is 20.7 Å². The third-order valence-electron chi connectivity index (χ3n) is 5.32. The molecule has 0 fully saturated rings. The number of phenolic OH excluding ortho intramolecular Hbond substituents is 2. The van der Waals surface area contributed by atoms with E-state index < -0.39 is 5.92 Å². The molecule has 0 aliphatic carbocycles. The number of para-hydroxylation sites is 1. The maximum Gasteiger partial charge on any atom is 0.258 e. The Kier molecular flexibility index (Phi) is 5.46. The highest BCUT2D eigenvalue weighted by atomic mass is 16.3. The van der Waals surface area contributed by atoms with E-state index in [-0.39, 0.29) is 28.5 Å². The molecule has 0 bridgehead atoms. The molecular formula is C23H24N2O4. The Morgan fingerprint density at radius 2 is 1.86 bits per heavy atom. The number of benzene rings is 2. The number of hydrogen-bond donors (Lipinski definition) is 3. The van der Waals surface area contributed by atoms with Gasteiger partial charge in [0.15, 0.2) is 16.9 Å². The molecule has 0 spiro atoms. The molecule has 3 aromatic rings. The highest BCUT2D eigenvalue weighted by Crippen LogP contribution is 2.38. The molecule has 0 amide bonds. The monoisotopic (exact) mass is 392 g/mol. The zero-order chi connectivity index (χ0) is 21.3. The maximum atomic E-state index is 13.6. The van der Waals surface area contributed by atoms with Crippen molar-refractivity contribution < 1.29 is 15.0 Å². The molecule has 29 heavy (non-hydrogen) atoms. The largest absolute Gasteiger partial charge is 0.504 e. The molecule has 2 aromatic carbocycles. The molecule has 6 heteroatoms. The van der Waals surface area contributed by atoms with Crippen LogP contribution in [0.25, 0.3) is 10.9 Å². The minimum atomic E-state index is -0.394. The van der Waals surface area contributed by atoms with Crippen molar-refractivity contribution in [2.75, 3.05) is 5.73 Å². The first-order chi connectivity index (χ1) is 13.8. The Balaban J connectivity index is 2.18. The minimum Gasteiger partial charge on any atom is -0.504 e. The molecule has 0 saturated heterocycles. The molecule has 6 nitrogen and oxygen atoms in total. The molecule has 0 aliphatic rings. The number of phenols is 2. The summed E-state index contributed by atoms with van der Waals surface area (Å²) in [5, 5.41) is 20.2. The number of fused-ring (bicyclic) bond motifs is 1. The number of allylic oxidation sites excluding steroid dienone is 2. The molecule has 1 heterocycles. The number of nitrogen functional groups attached to an aromatic ring is 1. The first-order valence-electron chi connectivity index (χ1n) is 9.42. The van der Waals surface area contributed by atoms with E-state index in [0.717, 1.165) is 5.57 Å². The number of nitrogens with zero attached hydrogens (tertiary/aromatic N) is 1. The van der Waals surface area contributed by atoms with Gasteiger partial charge in [-0.2, -0.15) is 0 Å². The molecule has 4 N–H and O–H groups in total. The van der Waals surface area contributed by atoms with Gasteiger partial charge in [0, 0.05) is 29.1 Å². The van der Waals surface area contributed by atoms with Crippen LogP contribution in [-0.2, 0) is 0 Å². The quantitative estimate of drug-likeness (QED) is 0.351. The van der Waals surface area contributed by atoms with Crippen molar-refractivity contribution >= 4 is 22.5 Å². The average Bonchev–Trinajstić information content (AvgIpc) is 2.71. The summed E-state index contributed by atoms with van der Waals surface area (Å²) in [5.41, 5.74) is 8.27. The fourth-order valence-electron chi connectivity index (χ4n) is 3.52. The smallest absolute Gasteiger partial charge is 0.258 e. The Hall–Kier alpha value is -3.54. The van der Waals surface area contributed by atoms with Gasteiger partial charge in [-0.1, -0.05) is 31.6 Å². The summed E-state index contributed by atoms with van der Waals surface area (Å²) in [7, 11) is 0. The Morgan fingerprint density at radius 1 is 1.17 bits per heavy atom. The van der Waals surface area contributed by atoms with Crippen LogP contribution in [0.15, 0.2) is 64.6 Å². The van der Waals surface area contributed by atoms with E-state index in [9.17, 15) is 19.8 Å². The number of carbonyl (C=O) groups excluding carboxylic acids is 1. The van der Waals surface area contributed by atoms with Gasteiger partial charge >= 0.3 is 0 Å². The highest BCUT2D eigenvalue weighted by Gasteiger charge is 2.24. The van der Waals surface area contributed by atoms with Crippen molar-refractivity contribution in [3.8, 4) is 11.5 Å². The number of anilines is 1. The first kappa shape index (κ1) is 20.2. The lowest BCUT2D eigenvalue weighted by Gasteiger charge is -2.21. The molecule has 3 rings (SSSR count). The molecular weight excluding hydrogens is 368 g/mol. The van der Waals surface area contributed by atoms with Crippen LogP contribution in [0.4, 0.5) is 5.69 Å². The van der Waals surface area contributed by atoms with Crippen LogP contribution in [0.2, 0.25) is 0 Å². The lowest BCUT2D eigenvalue weighted by atomic mass is 9.87. The molecule has 0 aliphatic heterocycles. The molecule has 1 atom stereocenters. The molecule has 0 radical (unpaired) electrons. The number of hydrogen-bond acceptors (Lipinski definition) is 5. The number of rotatable bonds is 4. The molecule has 1 aromatic heterocycles. The minimum absolute atomic E-state index is 0.0432. The fraction of sp³-hybridized carbons (Fsp3) is 0.217. The Labute approximate surface area is 168 Å². The zero-order valence-electron chi connectivity index (χ0n) is 16.6. The molecule has 0 saturated carbocycles. The summed E-state index contributed by atoms with van der Waals surface area (Å²) >= 11 is 0. The zero-order valence-corrected chi connectivity index (χ0v) is 16.6. The second-order valence-electron chi connectivity index (χ2n) is 7.12. The van der Waals surface area contributed by atoms with E-state index in [0.29, 0.717) is 28.5 Å². The van der Waals surface area contributed by atoms with Gasteiger partial charge in [-0.15, -0.1) is 0 Å². The van der Waals surface area contributed by atoms with E-state index in [1.807, 2.05) is 20.8 Å². The topological polar surface area (TPSA) is 106 Å². The number of pyridine rings is 1. The van der Waals surface area contributed by atoms with Crippen molar-refractivity contribution in [1.82, 2.24) is 4.57 Å². The van der Waals surface area contributed by atoms with Gasteiger partial charge in [-0.25, -0.2) is 0 Å². The predicted octanol–water partition coefficient (Wildman–Crippen LogP) is 4.17. The van der Waals surface area contributed by atoms with Crippen molar-refractivity contribution in [3.05, 3.63) is 75.6 Å². The van der Waals surface area contributed by atoms with Gasteiger partial charge in [0.25, 0.3) is 5.91 Å². The molecule has 1 unspecified atom stereocenters. The summed E-state index contributed by atoms with van der Waals surface area (Å²) < 4.78 is 1.48. The van der Waals surface area contributed by atoms with Crippen molar-refractivity contribution in [1.29, 1.82) is 0 Å². The number of aromatic hydroxyl groups is 2. The normalized spacial score (nSPS) is 13.2. The molecule has 150 valence electrons. The van der Waals surface area contributed by atoms with E-state index in [1.54, 1.807) is 30.3 Å². The predicted molar refractivity (Wildman–Crippen MR) is 114 cm³/mol. The van der Waals surface area contributed by atoms with Gasteiger partial charge in [-0.05, 0) is 43.2 Å². The van der Waals surface area contributed by atoms with Crippen molar-refractivity contribution in [2.45, 2.75) is 33.1 Å². The van der Waals surface area contributed by atoms with E-state index in [4.69, 9.17) is 5.73 Å². The number of carbonyl (C=O) groups is 1. The third kappa shape index (κ3) is 3.61. The lowest BCUT2D eigenvalue weighted by molar-refractivity contribution is 0.0952. The standard InChI is InChI=1S/C23H24N2O4/c1-4-13(2)21(14(3)15-11-17(24)22(28)20(27)12-15)23(29)25-10-9-19(26)16-7-5-6-8-18(16)25/h5-12,14,27-28H,4,24H2,1-3H3/b21-13-. The van der Waals surface area contributed by atoms with Crippen LogP contribution in [0.1, 0.15) is 43.5 Å². The van der Waals surface area contributed by atoms with Crippen LogP contribution in [0.3, 0.4) is 0 Å². The van der Waals surface area contributed by atoms with E-state index in [2.05, 4.69) is 0 Å². The number of aromatic nitrogens is 1. The van der Waals surface area contributed by atoms with Crippen LogP contribution in [0.5, 0.6) is 11.5 Å². The second kappa shape index (κ2) is 7.83. The van der Waals surface area contributed by atoms with Crippen LogP contribution >= 0.6 is 0 Å². The SMILES string of the molecule is CC/C(C)=C(\C(=O)n1ccc(=O)c2ccccc21)C(C)c1cc(N)c(O)c(O)c1. The fourth-order valence-corrected chi connectivity index (χ4v) is 3.52. The van der Waals surface area contributed by atoms with E-state index >= 15 is 0 Å². The van der Waals surface area contributed by atoms with Gasteiger partial charge in [0.05, 0.1) is 11.2 Å². The Morgan fingerprint density at radius 3 is 2.52 bits per heavy atom. The van der Waals surface area contributed by atoms with Gasteiger partial charge in [0.1, 0.15) is 0 Å². The summed E-state index contributed by atoms with van der Waals surface area (Å²) in [4.78, 5) is 25.8. The van der Waals surface area contributed by atoms with Crippen LogP contribution < -0.4 is 11.2 Å². The number of nitrogens with two attached hydrogens (primary N) is 1. The van der Waals surface area contributed by atoms with E-state index in [1.165, 1.54) is 22.9 Å². The Bertz CT molecular complexity index is 1170. The summed E-state index contributed by atoms with van der Waals surface area (Å²) in [6.45, 7) is 5.70. The van der Waals surface area contributed by atoms with Gasteiger partial charge < -0.3 is 15.9 Å². The summed E-state index contributed by atoms with van der Waals surface area (Å²) in [5.74, 6) is -1.35. The van der Waals surface area contributed by atoms with Crippen molar-refractivity contribution in [2.24, 2.45) is 0 Å².